The van der Waals surface area contributed by atoms with Crippen molar-refractivity contribution >= 4 is 10.9 Å². The predicted octanol–water partition coefficient (Wildman–Crippen LogP) is 5.03. The molecule has 0 aliphatic carbocycles. The monoisotopic (exact) mass is 444 g/mol. The third kappa shape index (κ3) is 3.47. The molecule has 0 saturated heterocycles. The Morgan fingerprint density at radius 3 is 2.30 bits per heavy atom. The van der Waals surface area contributed by atoms with Crippen molar-refractivity contribution in [2.24, 2.45) is 0 Å². The summed E-state index contributed by atoms with van der Waals surface area (Å²) < 4.78 is 22.4. The molecule has 6 nitrogen and oxygen atoms in total. The second-order valence-corrected chi connectivity index (χ2v) is 8.09. The molecule has 0 bridgehead atoms. The molecule has 1 aliphatic heterocycles. The molecule has 0 radical (unpaired) electrons. The molecule has 5 rings (SSSR count). The van der Waals surface area contributed by atoms with E-state index in [1.165, 1.54) is 10.9 Å². The molecular weight excluding hydrogens is 416 g/mol. The molecule has 0 spiro atoms. The van der Waals surface area contributed by atoms with E-state index in [2.05, 4.69) is 46.7 Å². The summed E-state index contributed by atoms with van der Waals surface area (Å²) in [4.78, 5) is 3.69. The Kier molecular flexibility index (Phi) is 5.60. The van der Waals surface area contributed by atoms with Crippen molar-refractivity contribution in [2.45, 2.75) is 12.0 Å². The number of H-pyrrole nitrogens is 1. The van der Waals surface area contributed by atoms with E-state index in [4.69, 9.17) is 18.9 Å². The molecule has 4 aromatic rings. The number of benzene rings is 3. The number of methoxy groups -OCH3 is 4. The first-order valence-electron chi connectivity index (χ1n) is 11.0. The van der Waals surface area contributed by atoms with Crippen molar-refractivity contribution in [3.63, 3.8) is 0 Å². The highest BCUT2D eigenvalue weighted by molar-refractivity contribution is 5.87. The van der Waals surface area contributed by atoms with E-state index in [1.807, 2.05) is 24.3 Å². The number of aromatic amines is 1. The summed E-state index contributed by atoms with van der Waals surface area (Å²) in [6, 6.07) is 20.6. The van der Waals surface area contributed by atoms with E-state index in [-0.39, 0.29) is 12.0 Å². The topological polar surface area (TPSA) is 64.7 Å². The Bertz CT molecular complexity index is 1300. The van der Waals surface area contributed by atoms with Crippen LogP contribution in [-0.2, 0) is 0 Å². The fourth-order valence-corrected chi connectivity index (χ4v) is 5.00. The van der Waals surface area contributed by atoms with Gasteiger partial charge in [-0.15, -0.1) is 0 Å². The fourth-order valence-electron chi connectivity index (χ4n) is 5.00. The van der Waals surface area contributed by atoms with E-state index in [9.17, 15) is 0 Å². The number of hydrogen-bond acceptors (Lipinski definition) is 5. The zero-order valence-electron chi connectivity index (χ0n) is 19.3. The van der Waals surface area contributed by atoms with Crippen LogP contribution in [0.4, 0.5) is 0 Å². The van der Waals surface area contributed by atoms with Crippen molar-refractivity contribution in [3.8, 4) is 23.0 Å². The molecule has 0 amide bonds. The first kappa shape index (κ1) is 21.2. The zero-order valence-corrected chi connectivity index (χ0v) is 19.3. The highest BCUT2D eigenvalue weighted by atomic mass is 16.5. The lowest BCUT2D eigenvalue weighted by Crippen LogP contribution is -2.34. The van der Waals surface area contributed by atoms with Crippen molar-refractivity contribution in [1.29, 1.82) is 0 Å². The van der Waals surface area contributed by atoms with Gasteiger partial charge in [0.05, 0.1) is 34.5 Å². The van der Waals surface area contributed by atoms with Crippen LogP contribution in [0.15, 0.2) is 60.7 Å². The van der Waals surface area contributed by atoms with Crippen LogP contribution in [0.3, 0.4) is 0 Å². The first-order valence-corrected chi connectivity index (χ1v) is 11.0. The Morgan fingerprint density at radius 1 is 0.758 bits per heavy atom. The maximum absolute atomic E-state index is 5.80. The molecule has 1 aliphatic rings. The summed E-state index contributed by atoms with van der Waals surface area (Å²) in [5, 5.41) is 4.97. The minimum Gasteiger partial charge on any atom is -0.493 e. The Morgan fingerprint density at radius 2 is 1.55 bits per heavy atom. The second kappa shape index (κ2) is 8.71. The third-order valence-electron chi connectivity index (χ3n) is 6.49. The summed E-state index contributed by atoms with van der Waals surface area (Å²) in [6.07, 6.45) is 0. The van der Waals surface area contributed by atoms with Gasteiger partial charge in [-0.05, 0) is 35.4 Å². The third-order valence-corrected chi connectivity index (χ3v) is 6.49. The van der Waals surface area contributed by atoms with Crippen LogP contribution < -0.4 is 24.3 Å². The van der Waals surface area contributed by atoms with Gasteiger partial charge in [0, 0.05) is 34.6 Å². The van der Waals surface area contributed by atoms with Crippen LogP contribution in [0.2, 0.25) is 0 Å². The van der Waals surface area contributed by atoms with Crippen molar-refractivity contribution in [1.82, 2.24) is 10.3 Å². The van der Waals surface area contributed by atoms with Crippen LogP contribution in [0.25, 0.3) is 10.9 Å². The number of ether oxygens (including phenoxy) is 4. The summed E-state index contributed by atoms with van der Waals surface area (Å²) >= 11 is 0. The van der Waals surface area contributed by atoms with Crippen LogP contribution in [0.5, 0.6) is 23.0 Å². The van der Waals surface area contributed by atoms with Gasteiger partial charge in [0.1, 0.15) is 0 Å². The molecule has 2 N–H and O–H groups in total. The number of nitrogens with one attached hydrogen (secondary N) is 2. The number of aromatic nitrogens is 1. The average Bonchev–Trinajstić information content (AvgIpc) is 3.27. The van der Waals surface area contributed by atoms with Crippen molar-refractivity contribution < 1.29 is 18.9 Å². The lowest BCUT2D eigenvalue weighted by Gasteiger charge is -2.32. The number of hydrogen-bond donors (Lipinski definition) is 2. The van der Waals surface area contributed by atoms with E-state index in [0.29, 0.717) is 11.5 Å². The second-order valence-electron chi connectivity index (χ2n) is 8.09. The Labute approximate surface area is 193 Å². The van der Waals surface area contributed by atoms with Gasteiger partial charge in [0.15, 0.2) is 23.0 Å². The Hall–Kier alpha value is -3.64. The van der Waals surface area contributed by atoms with Crippen molar-refractivity contribution in [3.05, 3.63) is 83.0 Å². The highest BCUT2D eigenvalue weighted by Gasteiger charge is 2.34. The summed E-state index contributed by atoms with van der Waals surface area (Å²) in [5.41, 5.74) is 5.74. The number of rotatable bonds is 6. The number of fused-ring (bicyclic) bond motifs is 3. The minimum absolute atomic E-state index is 0.0138. The zero-order chi connectivity index (χ0) is 22.9. The van der Waals surface area contributed by atoms with E-state index < -0.39 is 0 Å². The molecule has 3 aromatic carbocycles. The van der Waals surface area contributed by atoms with Gasteiger partial charge in [0.25, 0.3) is 0 Å². The maximum atomic E-state index is 5.80. The summed E-state index contributed by atoms with van der Waals surface area (Å²) in [7, 11) is 6.68. The van der Waals surface area contributed by atoms with Gasteiger partial charge in [-0.25, -0.2) is 0 Å². The largest absolute Gasteiger partial charge is 0.493 e. The Balaban J connectivity index is 1.69. The van der Waals surface area contributed by atoms with Gasteiger partial charge in [-0.3, -0.25) is 0 Å². The molecule has 1 aromatic heterocycles. The standard InChI is InChI=1S/C27H28N2O4/c1-30-21-13-12-16(14-23(21)32-3)25-26-24(18-8-5-6-10-20(18)29-26)19(15-28-25)17-9-7-11-22(31-2)27(17)33-4/h5-14,19,25,28-29H,15H2,1-4H3/t19-,25-/m1/s1. The van der Waals surface area contributed by atoms with Crippen LogP contribution in [-0.4, -0.2) is 40.0 Å². The SMILES string of the molecule is COc1ccc([C@H]2NC[C@H](c3cccc(OC)c3OC)c3c2[nH]c2ccccc32)cc1OC. The minimum atomic E-state index is -0.0138. The van der Waals surface area contributed by atoms with E-state index >= 15 is 0 Å². The molecule has 170 valence electrons. The highest BCUT2D eigenvalue weighted by Crippen LogP contribution is 2.46. The van der Waals surface area contributed by atoms with Gasteiger partial charge in [-0.2, -0.15) is 0 Å². The van der Waals surface area contributed by atoms with E-state index in [1.54, 1.807) is 28.4 Å². The lowest BCUT2D eigenvalue weighted by atomic mass is 9.82. The molecule has 33 heavy (non-hydrogen) atoms. The number of para-hydroxylation sites is 2. The quantitative estimate of drug-likeness (QED) is 0.437. The van der Waals surface area contributed by atoms with Gasteiger partial charge < -0.3 is 29.2 Å². The predicted molar refractivity (Wildman–Crippen MR) is 129 cm³/mol. The lowest BCUT2D eigenvalue weighted by molar-refractivity contribution is 0.349. The van der Waals surface area contributed by atoms with Gasteiger partial charge in [-0.1, -0.05) is 36.4 Å². The van der Waals surface area contributed by atoms with Gasteiger partial charge in [0.2, 0.25) is 0 Å². The average molecular weight is 445 g/mol. The molecule has 2 heterocycles. The summed E-state index contributed by atoms with van der Waals surface area (Å²) in [6.45, 7) is 0.747. The summed E-state index contributed by atoms with van der Waals surface area (Å²) in [5.74, 6) is 3.03. The normalized spacial score (nSPS) is 17.5. The smallest absolute Gasteiger partial charge is 0.164 e. The molecule has 6 heteroatoms. The molecule has 0 unspecified atom stereocenters. The molecule has 0 saturated carbocycles. The van der Waals surface area contributed by atoms with Crippen molar-refractivity contribution in [2.75, 3.05) is 35.0 Å². The van der Waals surface area contributed by atoms with E-state index in [0.717, 1.165) is 40.4 Å². The first-order chi connectivity index (χ1) is 16.2. The van der Waals surface area contributed by atoms with Crippen LogP contribution in [0, 0.1) is 0 Å². The van der Waals surface area contributed by atoms with Gasteiger partial charge >= 0.3 is 0 Å². The molecular formula is C27H28N2O4. The van der Waals surface area contributed by atoms with Crippen LogP contribution >= 0.6 is 0 Å². The molecule has 2 atom stereocenters. The molecule has 0 fully saturated rings. The maximum Gasteiger partial charge on any atom is 0.164 e. The van der Waals surface area contributed by atoms with Crippen LogP contribution in [0.1, 0.15) is 34.3 Å². The fraction of sp³-hybridized carbons (Fsp3) is 0.259.